The van der Waals surface area contributed by atoms with Crippen molar-refractivity contribution in [3.63, 3.8) is 0 Å². The summed E-state index contributed by atoms with van der Waals surface area (Å²) in [5, 5.41) is 0. The van der Waals surface area contributed by atoms with Crippen molar-refractivity contribution in [1.29, 1.82) is 0 Å². The van der Waals surface area contributed by atoms with Crippen LogP contribution in [0.15, 0.2) is 12.1 Å². The molecule has 0 bridgehead atoms. The van der Waals surface area contributed by atoms with Crippen molar-refractivity contribution in [2.75, 3.05) is 5.73 Å². The van der Waals surface area contributed by atoms with Crippen LogP contribution in [0.1, 0.15) is 56.2 Å². The molecule has 2 N–H and O–H groups in total. The van der Waals surface area contributed by atoms with E-state index in [1.54, 1.807) is 0 Å². The standard InChI is InChI=1S/C15H25N/c1-4-6-8-13-10-11-15(16)14(12(13)3)9-7-5-2/h10-11H,4-9,16H2,1-3H3. The number of nitrogen functional groups attached to an aromatic ring is 1. The van der Waals surface area contributed by atoms with Crippen LogP contribution in [0.2, 0.25) is 0 Å². The normalized spacial score (nSPS) is 10.7. The Morgan fingerprint density at radius 1 is 1.00 bits per heavy atom. The van der Waals surface area contributed by atoms with Crippen molar-refractivity contribution in [3.8, 4) is 0 Å². The number of hydrogen-bond donors (Lipinski definition) is 1. The van der Waals surface area contributed by atoms with Crippen LogP contribution in [0, 0.1) is 6.92 Å². The summed E-state index contributed by atoms with van der Waals surface area (Å²) in [6, 6.07) is 4.29. The molecule has 0 atom stereocenters. The molecule has 0 saturated heterocycles. The van der Waals surface area contributed by atoms with Crippen molar-refractivity contribution in [2.45, 2.75) is 59.3 Å². The van der Waals surface area contributed by atoms with E-state index in [9.17, 15) is 0 Å². The molecule has 1 aromatic carbocycles. The lowest BCUT2D eigenvalue weighted by molar-refractivity contribution is 0.774. The molecule has 0 amide bonds. The van der Waals surface area contributed by atoms with Crippen LogP contribution in [-0.2, 0) is 12.8 Å². The van der Waals surface area contributed by atoms with E-state index >= 15 is 0 Å². The maximum Gasteiger partial charge on any atom is 0.0349 e. The fourth-order valence-electron chi connectivity index (χ4n) is 2.15. The van der Waals surface area contributed by atoms with Gasteiger partial charge < -0.3 is 5.73 Å². The van der Waals surface area contributed by atoms with Crippen molar-refractivity contribution >= 4 is 5.69 Å². The van der Waals surface area contributed by atoms with E-state index in [1.165, 1.54) is 48.8 Å². The minimum absolute atomic E-state index is 0.978. The predicted molar refractivity (Wildman–Crippen MR) is 72.8 cm³/mol. The Balaban J connectivity index is 2.87. The molecule has 0 aromatic heterocycles. The van der Waals surface area contributed by atoms with E-state index in [0.29, 0.717) is 0 Å². The third-order valence-electron chi connectivity index (χ3n) is 3.33. The lowest BCUT2D eigenvalue weighted by Crippen LogP contribution is -2.01. The number of aryl methyl sites for hydroxylation is 1. The molecule has 0 radical (unpaired) electrons. The highest BCUT2D eigenvalue weighted by Gasteiger charge is 2.07. The van der Waals surface area contributed by atoms with Gasteiger partial charge in [-0.2, -0.15) is 0 Å². The molecule has 1 rings (SSSR count). The second kappa shape index (κ2) is 6.57. The van der Waals surface area contributed by atoms with Gasteiger partial charge in [0.05, 0.1) is 0 Å². The fourth-order valence-corrected chi connectivity index (χ4v) is 2.15. The molecule has 90 valence electrons. The van der Waals surface area contributed by atoms with Crippen LogP contribution < -0.4 is 5.73 Å². The van der Waals surface area contributed by atoms with Gasteiger partial charge in [0.1, 0.15) is 0 Å². The Labute approximate surface area is 100 Å². The number of hydrogen-bond acceptors (Lipinski definition) is 1. The Morgan fingerprint density at radius 2 is 1.62 bits per heavy atom. The molecule has 0 aliphatic carbocycles. The van der Waals surface area contributed by atoms with Crippen LogP contribution in [0.5, 0.6) is 0 Å². The first-order chi connectivity index (χ1) is 7.70. The molecular weight excluding hydrogens is 194 g/mol. The monoisotopic (exact) mass is 219 g/mol. The van der Waals surface area contributed by atoms with Crippen molar-refractivity contribution in [1.82, 2.24) is 0 Å². The van der Waals surface area contributed by atoms with Crippen LogP contribution in [-0.4, -0.2) is 0 Å². The van der Waals surface area contributed by atoms with Gasteiger partial charge in [0.2, 0.25) is 0 Å². The van der Waals surface area contributed by atoms with Gasteiger partial charge >= 0.3 is 0 Å². The Bertz CT molecular complexity index is 328. The summed E-state index contributed by atoms with van der Waals surface area (Å²) in [5.74, 6) is 0. The molecule has 1 aromatic rings. The second-order valence-electron chi connectivity index (χ2n) is 4.62. The summed E-state index contributed by atoms with van der Waals surface area (Å²) in [7, 11) is 0. The molecule has 1 nitrogen and oxygen atoms in total. The Hall–Kier alpha value is -0.980. The van der Waals surface area contributed by atoms with Crippen molar-refractivity contribution < 1.29 is 0 Å². The van der Waals surface area contributed by atoms with Gasteiger partial charge in [-0.25, -0.2) is 0 Å². The lowest BCUT2D eigenvalue weighted by Gasteiger charge is -2.13. The predicted octanol–water partition coefficient (Wildman–Crippen LogP) is 4.26. The summed E-state index contributed by atoms with van der Waals surface area (Å²) < 4.78 is 0. The van der Waals surface area contributed by atoms with Gasteiger partial charge in [-0.3, -0.25) is 0 Å². The van der Waals surface area contributed by atoms with Crippen molar-refractivity contribution in [3.05, 3.63) is 28.8 Å². The van der Waals surface area contributed by atoms with E-state index in [0.717, 1.165) is 12.1 Å². The van der Waals surface area contributed by atoms with Gasteiger partial charge in [-0.1, -0.05) is 32.8 Å². The highest BCUT2D eigenvalue weighted by molar-refractivity contribution is 5.53. The fraction of sp³-hybridized carbons (Fsp3) is 0.600. The molecule has 0 saturated carbocycles. The summed E-state index contributed by atoms with van der Waals surface area (Å²) in [6.07, 6.45) is 7.34. The average Bonchev–Trinajstić information content (AvgIpc) is 2.28. The first kappa shape index (κ1) is 13.1. The maximum atomic E-state index is 6.06. The van der Waals surface area contributed by atoms with Gasteiger partial charge in [0, 0.05) is 5.69 Å². The maximum absolute atomic E-state index is 6.06. The first-order valence-corrected chi connectivity index (χ1v) is 6.57. The van der Waals surface area contributed by atoms with Crippen molar-refractivity contribution in [2.24, 2.45) is 0 Å². The molecular formula is C15H25N. The number of unbranched alkanes of at least 4 members (excludes halogenated alkanes) is 2. The summed E-state index contributed by atoms with van der Waals surface area (Å²) in [5.41, 5.74) is 11.3. The summed E-state index contributed by atoms with van der Waals surface area (Å²) in [6.45, 7) is 6.70. The number of benzene rings is 1. The van der Waals surface area contributed by atoms with E-state index in [2.05, 4.69) is 32.9 Å². The van der Waals surface area contributed by atoms with Crippen LogP contribution in [0.4, 0.5) is 5.69 Å². The summed E-state index contributed by atoms with van der Waals surface area (Å²) >= 11 is 0. The largest absolute Gasteiger partial charge is 0.398 e. The van der Waals surface area contributed by atoms with Gasteiger partial charge in [-0.15, -0.1) is 0 Å². The number of anilines is 1. The van der Waals surface area contributed by atoms with Gasteiger partial charge in [-0.05, 0) is 55.4 Å². The SMILES string of the molecule is CCCCc1ccc(N)c(CCCC)c1C. The topological polar surface area (TPSA) is 26.0 Å². The highest BCUT2D eigenvalue weighted by atomic mass is 14.6. The minimum atomic E-state index is 0.978. The van der Waals surface area contributed by atoms with E-state index in [4.69, 9.17) is 5.73 Å². The number of rotatable bonds is 6. The van der Waals surface area contributed by atoms with E-state index in [1.807, 2.05) is 0 Å². The quantitative estimate of drug-likeness (QED) is 0.711. The zero-order valence-corrected chi connectivity index (χ0v) is 11.0. The van der Waals surface area contributed by atoms with Gasteiger partial charge in [0.15, 0.2) is 0 Å². The molecule has 0 fully saturated rings. The van der Waals surface area contributed by atoms with Crippen LogP contribution >= 0.6 is 0 Å². The van der Waals surface area contributed by atoms with Gasteiger partial charge in [0.25, 0.3) is 0 Å². The molecule has 0 unspecified atom stereocenters. The second-order valence-corrected chi connectivity index (χ2v) is 4.62. The molecule has 0 aliphatic rings. The van der Waals surface area contributed by atoms with Crippen LogP contribution in [0.25, 0.3) is 0 Å². The van der Waals surface area contributed by atoms with E-state index < -0.39 is 0 Å². The first-order valence-electron chi connectivity index (χ1n) is 6.57. The average molecular weight is 219 g/mol. The molecule has 0 heterocycles. The number of nitrogens with two attached hydrogens (primary N) is 1. The summed E-state index contributed by atoms with van der Waals surface area (Å²) in [4.78, 5) is 0. The Morgan fingerprint density at radius 3 is 2.25 bits per heavy atom. The lowest BCUT2D eigenvalue weighted by atomic mass is 9.94. The Kier molecular flexibility index (Phi) is 5.37. The minimum Gasteiger partial charge on any atom is -0.398 e. The third kappa shape index (κ3) is 3.26. The molecule has 1 heteroatoms. The van der Waals surface area contributed by atoms with E-state index in [-0.39, 0.29) is 0 Å². The van der Waals surface area contributed by atoms with Crippen LogP contribution in [0.3, 0.4) is 0 Å². The zero-order chi connectivity index (χ0) is 12.0. The smallest absolute Gasteiger partial charge is 0.0349 e. The zero-order valence-electron chi connectivity index (χ0n) is 11.0. The molecule has 16 heavy (non-hydrogen) atoms. The molecule has 0 aliphatic heterocycles. The highest BCUT2D eigenvalue weighted by Crippen LogP contribution is 2.23. The molecule has 0 spiro atoms. The third-order valence-corrected chi connectivity index (χ3v) is 3.33.